The van der Waals surface area contributed by atoms with Crippen LogP contribution in [0.4, 0.5) is 0 Å². The van der Waals surface area contributed by atoms with E-state index in [2.05, 4.69) is 12.2 Å². The second-order valence-electron chi connectivity index (χ2n) is 5.64. The van der Waals surface area contributed by atoms with E-state index >= 15 is 0 Å². The lowest BCUT2D eigenvalue weighted by Gasteiger charge is -2.13. The lowest BCUT2D eigenvalue weighted by atomic mass is 10.1. The number of hydrogen-bond acceptors (Lipinski definition) is 3. The Kier molecular flexibility index (Phi) is 8.26. The molecule has 0 saturated carbocycles. The van der Waals surface area contributed by atoms with E-state index in [0.29, 0.717) is 12.2 Å². The van der Waals surface area contributed by atoms with Gasteiger partial charge in [-0.15, -0.1) is 0 Å². The zero-order chi connectivity index (χ0) is 16.4. The molecular formula is C18H27NO3. The lowest BCUT2D eigenvalue weighted by Crippen LogP contribution is -2.39. The van der Waals surface area contributed by atoms with E-state index in [1.165, 1.54) is 19.3 Å². The van der Waals surface area contributed by atoms with E-state index in [4.69, 9.17) is 4.74 Å². The molecule has 0 bridgehead atoms. The van der Waals surface area contributed by atoms with Crippen LogP contribution in [0.1, 0.15) is 61.9 Å². The number of hydrogen-bond donors (Lipinski definition) is 1. The summed E-state index contributed by atoms with van der Waals surface area (Å²) in [6, 6.07) is 6.60. The molecule has 0 unspecified atom stereocenters. The fourth-order valence-electron chi connectivity index (χ4n) is 2.05. The molecule has 122 valence electrons. The van der Waals surface area contributed by atoms with Gasteiger partial charge in [-0.25, -0.2) is 4.79 Å². The zero-order valence-corrected chi connectivity index (χ0v) is 13.9. The van der Waals surface area contributed by atoms with Crippen molar-refractivity contribution in [3.63, 3.8) is 0 Å². The predicted molar refractivity (Wildman–Crippen MR) is 87.8 cm³/mol. The first kappa shape index (κ1) is 18.2. The van der Waals surface area contributed by atoms with Crippen molar-refractivity contribution in [1.82, 2.24) is 5.32 Å². The monoisotopic (exact) mass is 305 g/mol. The van der Waals surface area contributed by atoms with Gasteiger partial charge in [0.2, 0.25) is 0 Å². The fourth-order valence-corrected chi connectivity index (χ4v) is 2.05. The summed E-state index contributed by atoms with van der Waals surface area (Å²) >= 11 is 0. The number of carbonyl (C=O) groups is 2. The fraction of sp³-hybridized carbons (Fsp3) is 0.556. The third kappa shape index (κ3) is 6.74. The average Bonchev–Trinajstić information content (AvgIpc) is 2.51. The Labute approximate surface area is 133 Å². The van der Waals surface area contributed by atoms with Crippen LogP contribution >= 0.6 is 0 Å². The first-order valence-electron chi connectivity index (χ1n) is 8.08. The Bertz CT molecular complexity index is 468. The first-order chi connectivity index (χ1) is 10.5. The van der Waals surface area contributed by atoms with Gasteiger partial charge in [0.1, 0.15) is 6.04 Å². The van der Waals surface area contributed by atoms with Crippen molar-refractivity contribution in [1.29, 1.82) is 0 Å². The van der Waals surface area contributed by atoms with Gasteiger partial charge in [0.25, 0.3) is 5.91 Å². The van der Waals surface area contributed by atoms with E-state index in [0.717, 1.165) is 18.4 Å². The summed E-state index contributed by atoms with van der Waals surface area (Å²) in [4.78, 5) is 23.8. The summed E-state index contributed by atoms with van der Waals surface area (Å²) < 4.78 is 5.19. The quantitative estimate of drug-likeness (QED) is 0.560. The van der Waals surface area contributed by atoms with Crippen molar-refractivity contribution in [2.45, 2.75) is 58.9 Å². The third-order valence-corrected chi connectivity index (χ3v) is 3.51. The van der Waals surface area contributed by atoms with Crippen LogP contribution < -0.4 is 5.32 Å². The maximum absolute atomic E-state index is 12.0. The van der Waals surface area contributed by atoms with Crippen LogP contribution in [-0.4, -0.2) is 24.5 Å². The van der Waals surface area contributed by atoms with Crippen molar-refractivity contribution in [3.8, 4) is 0 Å². The first-order valence-corrected chi connectivity index (χ1v) is 8.08. The molecule has 1 aromatic carbocycles. The van der Waals surface area contributed by atoms with Gasteiger partial charge in [-0.3, -0.25) is 4.79 Å². The molecule has 0 fully saturated rings. The highest BCUT2D eigenvalue weighted by Gasteiger charge is 2.17. The summed E-state index contributed by atoms with van der Waals surface area (Å²) in [7, 11) is 0. The van der Waals surface area contributed by atoms with Crippen molar-refractivity contribution in [3.05, 3.63) is 35.4 Å². The molecule has 4 nitrogen and oxygen atoms in total. The highest BCUT2D eigenvalue weighted by atomic mass is 16.5. The molecule has 22 heavy (non-hydrogen) atoms. The molecule has 0 aliphatic carbocycles. The van der Waals surface area contributed by atoms with Crippen LogP contribution in [0, 0.1) is 6.92 Å². The van der Waals surface area contributed by atoms with Gasteiger partial charge in [0.05, 0.1) is 6.61 Å². The molecule has 1 amide bonds. The Morgan fingerprint density at radius 3 is 2.36 bits per heavy atom. The molecule has 0 spiro atoms. The van der Waals surface area contributed by atoms with Crippen molar-refractivity contribution in [2.24, 2.45) is 0 Å². The largest absolute Gasteiger partial charge is 0.464 e. The van der Waals surface area contributed by atoms with Crippen LogP contribution in [0.25, 0.3) is 0 Å². The number of ether oxygens (including phenoxy) is 1. The van der Waals surface area contributed by atoms with Gasteiger partial charge in [-0.2, -0.15) is 0 Å². The molecule has 1 N–H and O–H groups in total. The minimum atomic E-state index is -0.635. The van der Waals surface area contributed by atoms with Gasteiger partial charge in [0, 0.05) is 5.56 Å². The summed E-state index contributed by atoms with van der Waals surface area (Å²) in [6.07, 6.45) is 5.54. The molecule has 0 saturated heterocycles. The Morgan fingerprint density at radius 1 is 1.09 bits per heavy atom. The second-order valence-corrected chi connectivity index (χ2v) is 5.64. The van der Waals surface area contributed by atoms with E-state index < -0.39 is 6.04 Å². The topological polar surface area (TPSA) is 55.4 Å². The Balaban J connectivity index is 2.28. The number of nitrogens with one attached hydrogen (secondary N) is 1. The number of rotatable bonds is 9. The summed E-state index contributed by atoms with van der Waals surface area (Å²) in [6.45, 7) is 6.19. The van der Waals surface area contributed by atoms with Gasteiger partial charge in [-0.1, -0.05) is 50.3 Å². The maximum atomic E-state index is 12.0. The molecule has 1 atom stereocenters. The summed E-state index contributed by atoms with van der Waals surface area (Å²) in [5.41, 5.74) is 1.64. The maximum Gasteiger partial charge on any atom is 0.328 e. The van der Waals surface area contributed by atoms with Crippen molar-refractivity contribution < 1.29 is 14.3 Å². The molecule has 0 aliphatic heterocycles. The molecular weight excluding hydrogens is 278 g/mol. The number of esters is 1. The highest BCUT2D eigenvalue weighted by Crippen LogP contribution is 2.05. The minimum absolute atomic E-state index is 0.257. The molecule has 4 heteroatoms. The summed E-state index contributed by atoms with van der Waals surface area (Å²) in [5.74, 6) is -0.636. The summed E-state index contributed by atoms with van der Waals surface area (Å²) in [5, 5.41) is 2.66. The number of amides is 1. The minimum Gasteiger partial charge on any atom is -0.464 e. The van der Waals surface area contributed by atoms with E-state index in [1.54, 1.807) is 19.1 Å². The molecule has 0 heterocycles. The van der Waals surface area contributed by atoms with Crippen LogP contribution in [-0.2, 0) is 9.53 Å². The lowest BCUT2D eigenvalue weighted by molar-refractivity contribution is -0.145. The number of aryl methyl sites for hydroxylation is 1. The predicted octanol–water partition coefficient (Wildman–Crippen LogP) is 3.63. The number of benzene rings is 1. The molecule has 0 radical (unpaired) electrons. The third-order valence-electron chi connectivity index (χ3n) is 3.51. The van der Waals surface area contributed by atoms with Gasteiger partial charge in [0.15, 0.2) is 0 Å². The smallest absolute Gasteiger partial charge is 0.328 e. The average molecular weight is 305 g/mol. The molecule has 1 aromatic rings. The normalized spacial score (nSPS) is 11.8. The van der Waals surface area contributed by atoms with Gasteiger partial charge < -0.3 is 10.1 Å². The molecule has 0 aliphatic rings. The number of carbonyl (C=O) groups excluding carboxylic acids is 2. The van der Waals surface area contributed by atoms with Crippen LogP contribution in [0.5, 0.6) is 0 Å². The second kappa shape index (κ2) is 9.98. The SMILES string of the molecule is CCCCCCCOC(=O)[C@H](C)NC(=O)c1ccc(C)cc1. The molecule has 1 rings (SSSR count). The standard InChI is InChI=1S/C18H27NO3/c1-4-5-6-7-8-13-22-18(21)15(3)19-17(20)16-11-9-14(2)10-12-16/h9-12,15H,4-8,13H2,1-3H3,(H,19,20)/t15-/m0/s1. The van der Waals surface area contributed by atoms with E-state index in [9.17, 15) is 9.59 Å². The van der Waals surface area contributed by atoms with E-state index in [1.807, 2.05) is 19.1 Å². The van der Waals surface area contributed by atoms with E-state index in [-0.39, 0.29) is 11.9 Å². The Morgan fingerprint density at radius 2 is 1.73 bits per heavy atom. The van der Waals surface area contributed by atoms with Crippen LogP contribution in [0.3, 0.4) is 0 Å². The molecule has 0 aromatic heterocycles. The Hall–Kier alpha value is -1.84. The van der Waals surface area contributed by atoms with Crippen molar-refractivity contribution in [2.75, 3.05) is 6.61 Å². The zero-order valence-electron chi connectivity index (χ0n) is 13.9. The highest BCUT2D eigenvalue weighted by molar-refractivity contribution is 5.96. The number of unbranched alkanes of at least 4 members (excludes halogenated alkanes) is 4. The van der Waals surface area contributed by atoms with Crippen LogP contribution in [0.2, 0.25) is 0 Å². The van der Waals surface area contributed by atoms with Crippen molar-refractivity contribution >= 4 is 11.9 Å². The van der Waals surface area contributed by atoms with Gasteiger partial charge in [-0.05, 0) is 32.4 Å². The van der Waals surface area contributed by atoms with Gasteiger partial charge >= 0.3 is 5.97 Å². The van der Waals surface area contributed by atoms with Crippen LogP contribution in [0.15, 0.2) is 24.3 Å².